The maximum atomic E-state index is 11.9. The molecule has 0 spiro atoms. The highest BCUT2D eigenvalue weighted by Crippen LogP contribution is 2.17. The second kappa shape index (κ2) is 6.96. The van der Waals surface area contributed by atoms with E-state index in [1.165, 1.54) is 18.0 Å². The van der Waals surface area contributed by atoms with Crippen molar-refractivity contribution in [2.75, 3.05) is 23.1 Å². The van der Waals surface area contributed by atoms with Gasteiger partial charge in [-0.3, -0.25) is 4.79 Å². The minimum absolute atomic E-state index is 0.0969. The molecule has 1 amide bonds. The molecular weight excluding hydrogens is 282 g/mol. The predicted octanol–water partition coefficient (Wildman–Crippen LogP) is 2.10. The number of aryl methyl sites for hydroxylation is 1. The summed E-state index contributed by atoms with van der Waals surface area (Å²) in [5.74, 6) is 0.425. The van der Waals surface area contributed by atoms with Crippen molar-refractivity contribution in [1.82, 2.24) is 0 Å². The van der Waals surface area contributed by atoms with E-state index in [-0.39, 0.29) is 16.9 Å². The summed E-state index contributed by atoms with van der Waals surface area (Å²) in [4.78, 5) is 11.9. The van der Waals surface area contributed by atoms with Crippen molar-refractivity contribution < 1.29 is 13.2 Å². The molecule has 0 aliphatic rings. The molecule has 0 saturated carbocycles. The summed E-state index contributed by atoms with van der Waals surface area (Å²) >= 11 is 1.35. The minimum Gasteiger partial charge on any atom is -0.325 e. The van der Waals surface area contributed by atoms with Crippen molar-refractivity contribution in [2.45, 2.75) is 19.1 Å². The Kier molecular flexibility index (Phi) is 5.87. The Morgan fingerprint density at radius 2 is 2.00 bits per heavy atom. The van der Waals surface area contributed by atoms with Crippen LogP contribution in [0.25, 0.3) is 0 Å². The van der Waals surface area contributed by atoms with E-state index in [1.54, 1.807) is 6.92 Å². The number of nitrogens with one attached hydrogen (secondary N) is 1. The summed E-state index contributed by atoms with van der Waals surface area (Å²) in [6, 6.07) is 7.55. The number of sulfone groups is 1. The number of para-hydroxylation sites is 1. The molecule has 1 N–H and O–H groups in total. The molecule has 19 heavy (non-hydrogen) atoms. The van der Waals surface area contributed by atoms with Crippen LogP contribution in [0.1, 0.15) is 12.5 Å². The zero-order chi connectivity index (χ0) is 14.5. The number of anilines is 1. The van der Waals surface area contributed by atoms with E-state index in [9.17, 15) is 13.2 Å². The third-order valence-corrected chi connectivity index (χ3v) is 4.95. The maximum absolute atomic E-state index is 11.9. The van der Waals surface area contributed by atoms with Gasteiger partial charge in [0.05, 0.1) is 11.0 Å². The van der Waals surface area contributed by atoms with Crippen LogP contribution in [0.15, 0.2) is 24.3 Å². The van der Waals surface area contributed by atoms with Gasteiger partial charge in [-0.1, -0.05) is 18.2 Å². The topological polar surface area (TPSA) is 63.2 Å². The first-order chi connectivity index (χ1) is 8.79. The average Bonchev–Trinajstić information content (AvgIpc) is 2.30. The molecule has 0 saturated heterocycles. The fraction of sp³-hybridized carbons (Fsp3) is 0.462. The standard InChI is InChI=1S/C13H19NO3S2/c1-10-6-4-5-7-12(10)14-13(15)11(2)18-8-9-19(3,16)17/h4-7,11H,8-9H2,1-3H3,(H,14,15). The van der Waals surface area contributed by atoms with Gasteiger partial charge in [-0.25, -0.2) is 8.42 Å². The number of rotatable bonds is 6. The molecule has 6 heteroatoms. The molecule has 0 aliphatic carbocycles. The van der Waals surface area contributed by atoms with Crippen LogP contribution in [0.3, 0.4) is 0 Å². The highest BCUT2D eigenvalue weighted by atomic mass is 32.2. The molecule has 1 aromatic rings. The van der Waals surface area contributed by atoms with Crippen LogP contribution >= 0.6 is 11.8 Å². The Labute approximate surface area is 118 Å². The lowest BCUT2D eigenvalue weighted by atomic mass is 10.2. The Hall–Kier alpha value is -1.01. The highest BCUT2D eigenvalue weighted by Gasteiger charge is 2.15. The number of hydrogen-bond donors (Lipinski definition) is 1. The summed E-state index contributed by atoms with van der Waals surface area (Å²) in [5, 5.41) is 2.57. The molecule has 0 aliphatic heterocycles. The fourth-order valence-electron chi connectivity index (χ4n) is 1.40. The Morgan fingerprint density at radius 1 is 1.37 bits per heavy atom. The smallest absolute Gasteiger partial charge is 0.237 e. The molecule has 0 fully saturated rings. The molecular formula is C13H19NO3S2. The van der Waals surface area contributed by atoms with E-state index in [1.807, 2.05) is 31.2 Å². The van der Waals surface area contributed by atoms with Crippen LogP contribution in [0.4, 0.5) is 5.69 Å². The summed E-state index contributed by atoms with van der Waals surface area (Å²) in [7, 11) is -2.96. The SMILES string of the molecule is Cc1ccccc1NC(=O)C(C)SCCS(C)(=O)=O. The molecule has 0 heterocycles. The largest absolute Gasteiger partial charge is 0.325 e. The third-order valence-electron chi connectivity index (χ3n) is 2.59. The van der Waals surface area contributed by atoms with Crippen LogP contribution in [-0.2, 0) is 14.6 Å². The first kappa shape index (κ1) is 16.0. The van der Waals surface area contributed by atoms with E-state index in [0.717, 1.165) is 11.3 Å². The number of carbonyl (C=O) groups excluding carboxylic acids is 1. The lowest BCUT2D eigenvalue weighted by Crippen LogP contribution is -2.24. The monoisotopic (exact) mass is 301 g/mol. The van der Waals surface area contributed by atoms with Gasteiger partial charge in [0.25, 0.3) is 0 Å². The van der Waals surface area contributed by atoms with Crippen LogP contribution in [-0.4, -0.2) is 37.3 Å². The van der Waals surface area contributed by atoms with Crippen LogP contribution in [0.2, 0.25) is 0 Å². The summed E-state index contributed by atoms with van der Waals surface area (Å²) in [6.45, 7) is 3.71. The molecule has 1 aromatic carbocycles. The van der Waals surface area contributed by atoms with E-state index in [2.05, 4.69) is 5.32 Å². The van der Waals surface area contributed by atoms with Crippen molar-refractivity contribution in [3.05, 3.63) is 29.8 Å². The normalized spacial score (nSPS) is 13.0. The molecule has 0 bridgehead atoms. The molecule has 4 nitrogen and oxygen atoms in total. The summed E-state index contributed by atoms with van der Waals surface area (Å²) < 4.78 is 22.0. The maximum Gasteiger partial charge on any atom is 0.237 e. The quantitative estimate of drug-likeness (QED) is 0.874. The second-order valence-corrected chi connectivity index (χ2v) is 8.16. The lowest BCUT2D eigenvalue weighted by molar-refractivity contribution is -0.115. The van der Waals surface area contributed by atoms with Crippen molar-refractivity contribution in [2.24, 2.45) is 0 Å². The van der Waals surface area contributed by atoms with Crippen molar-refractivity contribution in [3.63, 3.8) is 0 Å². The van der Waals surface area contributed by atoms with Gasteiger partial charge < -0.3 is 5.32 Å². The Morgan fingerprint density at radius 3 is 2.58 bits per heavy atom. The van der Waals surface area contributed by atoms with Gasteiger partial charge in [0.2, 0.25) is 5.91 Å². The zero-order valence-electron chi connectivity index (χ0n) is 11.3. The average molecular weight is 301 g/mol. The number of thioether (sulfide) groups is 1. The van der Waals surface area contributed by atoms with Crippen molar-refractivity contribution >= 4 is 33.2 Å². The third kappa shape index (κ3) is 6.11. The zero-order valence-corrected chi connectivity index (χ0v) is 13.0. The Bertz CT molecular complexity index is 541. The van der Waals surface area contributed by atoms with Gasteiger partial charge >= 0.3 is 0 Å². The van der Waals surface area contributed by atoms with Crippen molar-refractivity contribution in [3.8, 4) is 0 Å². The predicted molar refractivity (Wildman–Crippen MR) is 81.4 cm³/mol. The summed E-state index contributed by atoms with van der Waals surface area (Å²) in [6.07, 6.45) is 1.20. The second-order valence-electron chi connectivity index (χ2n) is 4.45. The number of carbonyl (C=O) groups is 1. The van der Waals surface area contributed by atoms with E-state index >= 15 is 0 Å². The van der Waals surface area contributed by atoms with E-state index < -0.39 is 9.84 Å². The summed E-state index contributed by atoms with van der Waals surface area (Å²) in [5.41, 5.74) is 1.80. The molecule has 1 unspecified atom stereocenters. The molecule has 106 valence electrons. The first-order valence-corrected chi connectivity index (χ1v) is 9.06. The highest BCUT2D eigenvalue weighted by molar-refractivity contribution is 8.01. The van der Waals surface area contributed by atoms with Gasteiger partial charge in [0.1, 0.15) is 9.84 Å². The Balaban J connectivity index is 2.47. The molecule has 1 atom stereocenters. The number of hydrogen-bond acceptors (Lipinski definition) is 4. The van der Waals surface area contributed by atoms with Gasteiger partial charge in [-0.2, -0.15) is 0 Å². The van der Waals surface area contributed by atoms with Gasteiger partial charge in [0, 0.05) is 17.7 Å². The van der Waals surface area contributed by atoms with E-state index in [4.69, 9.17) is 0 Å². The van der Waals surface area contributed by atoms with Crippen LogP contribution < -0.4 is 5.32 Å². The lowest BCUT2D eigenvalue weighted by Gasteiger charge is -2.13. The van der Waals surface area contributed by atoms with E-state index in [0.29, 0.717) is 5.75 Å². The molecule has 0 radical (unpaired) electrons. The fourth-order valence-corrected chi connectivity index (χ4v) is 3.56. The molecule has 0 aromatic heterocycles. The van der Waals surface area contributed by atoms with Gasteiger partial charge in [0.15, 0.2) is 0 Å². The number of benzene rings is 1. The first-order valence-electron chi connectivity index (χ1n) is 5.95. The number of amides is 1. The van der Waals surface area contributed by atoms with Crippen molar-refractivity contribution in [1.29, 1.82) is 0 Å². The van der Waals surface area contributed by atoms with Crippen LogP contribution in [0, 0.1) is 6.92 Å². The van der Waals surface area contributed by atoms with Gasteiger partial charge in [-0.05, 0) is 25.5 Å². The minimum atomic E-state index is -2.96. The van der Waals surface area contributed by atoms with Gasteiger partial charge in [-0.15, -0.1) is 11.8 Å². The molecule has 1 rings (SSSR count). The van der Waals surface area contributed by atoms with Crippen LogP contribution in [0.5, 0.6) is 0 Å².